The minimum Gasteiger partial charge on any atom is -0.432 e. The number of hydrogen-bond acceptors (Lipinski definition) is 52. The van der Waals surface area contributed by atoms with Gasteiger partial charge in [-0.05, 0) is 53.7 Å². The summed E-state index contributed by atoms with van der Waals surface area (Å²) in [6.07, 6.45) is -14.9. The fraction of sp³-hybridized carbons (Fsp3) is 0.590. The maximum Gasteiger partial charge on any atom is 0.509 e. The third-order valence-electron chi connectivity index (χ3n) is 21.6. The van der Waals surface area contributed by atoms with Crippen molar-refractivity contribution in [1.29, 1.82) is 0 Å². The van der Waals surface area contributed by atoms with Gasteiger partial charge in [0.2, 0.25) is 0 Å². The second kappa shape index (κ2) is 49.2. The molecule has 6 aliphatic heterocycles. The van der Waals surface area contributed by atoms with Crippen molar-refractivity contribution in [2.24, 2.45) is 0 Å². The molecular weight excluding hydrogens is 2020 g/mol. The number of aromatic nitrogens is 16. The van der Waals surface area contributed by atoms with E-state index < -0.39 is 277 Å². The van der Waals surface area contributed by atoms with Crippen LogP contribution in [0.2, 0.25) is 0 Å². The molecule has 0 saturated carbocycles. The summed E-state index contributed by atoms with van der Waals surface area (Å²) in [5, 5.41) is 62.8. The van der Waals surface area contributed by atoms with Crippen LogP contribution in [0, 0.1) is 0 Å². The highest BCUT2D eigenvalue weighted by molar-refractivity contribution is 8.55. The van der Waals surface area contributed by atoms with Crippen molar-refractivity contribution in [2.75, 3.05) is 96.0 Å². The number of nitrogen functional groups attached to an aromatic ring is 3. The number of nitrogens with zero attached hydrogens (tertiary/aromatic N) is 13. The van der Waals surface area contributed by atoms with Crippen LogP contribution in [-0.2, 0) is 112 Å². The van der Waals surface area contributed by atoms with E-state index in [1.807, 2.05) is 0 Å². The normalized spacial score (nSPS) is 27.1. The van der Waals surface area contributed by atoms with Gasteiger partial charge in [0.1, 0.15) is 115 Å². The number of imidazole rings is 3. The van der Waals surface area contributed by atoms with Gasteiger partial charge < -0.3 is 119 Å². The summed E-state index contributed by atoms with van der Waals surface area (Å²) in [6, 6.07) is 6.48. The average Bonchev–Trinajstić information content (AvgIpc) is 1.62. The number of fused-ring (bicyclic) bond motifs is 3. The van der Waals surface area contributed by atoms with Crippen molar-refractivity contribution in [3.63, 3.8) is 0 Å². The molecule has 24 atom stereocenters. The number of pyridine rings is 2. The second-order valence-corrected chi connectivity index (χ2v) is 44.0. The van der Waals surface area contributed by atoms with E-state index in [-0.39, 0.29) is 32.5 Å². The summed E-state index contributed by atoms with van der Waals surface area (Å²) < 4.78 is 168. The molecule has 6 saturated heterocycles. The Bertz CT molecular complexity index is 5740. The standard InChI is InChI=1S/2C26H35N6O13PS.C25H34N7O13PS.CH4/c2*1-13(2)42-26(37)40-12-47-46(38,45-21-16(9-33)44-24(22(21)39-3)31-7-5-18(35)30-25(31)36)41-10-17-15(34)8-19(43-17)32-11-29-20-14(27)4-6-28-23(20)32;1-12(2)42-25(37)40-11-47-46(38,45-19-14(7-33)44-23(20(19)39-3)31-5-4-16(35)30-24(31)36)41-8-15-13(34)6-17(43-15)32-10-29-18-21(26)27-9-28-22(18)32;/h2*4-7,11,13,15-17,19,21-22,24,33-34H,8-10,12H2,1-3H3,(H2,27,28)(H,30,35,36);4-5,9-10,12-15,17,19-20,23,33-34H,6-8,11H2,1-3H3,(H2,26,27,28)(H,30,35,36);1H4/t15?,16-,17-,19-,21?,22+,24-,46?;15?,16-,17-,19-,21?,22+,24-,46+;13?,14-,15-,17-,19?,20+,23-,46-;/m111./s1. The topological polar surface area (TPSA) is 765 Å². The van der Waals surface area contributed by atoms with E-state index in [2.05, 4.69) is 49.8 Å². The average molecular weight is 2120 g/mol. The predicted octanol–water partition coefficient (Wildman–Crippen LogP) is 2.67. The Labute approximate surface area is 814 Å². The van der Waals surface area contributed by atoms with Crippen molar-refractivity contribution in [3.05, 3.63) is 149 Å². The van der Waals surface area contributed by atoms with Crippen LogP contribution in [0.25, 0.3) is 33.5 Å². The Balaban J connectivity index is 0.000000190. The lowest BCUT2D eigenvalue weighted by molar-refractivity contribution is -0.0625. The van der Waals surface area contributed by atoms with Crippen molar-refractivity contribution in [1.82, 2.24) is 77.2 Å². The van der Waals surface area contributed by atoms with Crippen molar-refractivity contribution >= 4 is 124 Å². The maximum absolute atomic E-state index is 14.2. The number of carbonyl (C=O) groups excluding carboxylic acids is 3. The minimum absolute atomic E-state index is 0. The lowest BCUT2D eigenvalue weighted by Crippen LogP contribution is -2.39. The molecule has 15 heterocycles. The number of hydrogen-bond donors (Lipinski definition) is 12. The highest BCUT2D eigenvalue weighted by atomic mass is 32.7. The molecule has 64 heteroatoms. The van der Waals surface area contributed by atoms with E-state index in [0.29, 0.717) is 79.0 Å². The zero-order chi connectivity index (χ0) is 102. The number of nitrogens with one attached hydrogen (secondary N) is 3. The summed E-state index contributed by atoms with van der Waals surface area (Å²) in [5.41, 5.74) is 16.8. The van der Waals surface area contributed by atoms with Crippen LogP contribution in [0.4, 0.5) is 31.6 Å². The number of rotatable bonds is 39. The Hall–Kier alpha value is -10.1. The molecule has 142 heavy (non-hydrogen) atoms. The first kappa shape index (κ1) is 111. The maximum atomic E-state index is 14.2. The molecule has 9 aromatic heterocycles. The van der Waals surface area contributed by atoms with E-state index in [0.717, 1.165) is 31.9 Å². The van der Waals surface area contributed by atoms with Gasteiger partial charge in [-0.2, -0.15) is 0 Å². The number of aliphatic hydroxyl groups excluding tert-OH is 6. The van der Waals surface area contributed by atoms with E-state index in [1.54, 1.807) is 67.4 Å². The number of ether oxygens (including phenoxy) is 15. The predicted molar refractivity (Wildman–Crippen MR) is 494 cm³/mol. The van der Waals surface area contributed by atoms with E-state index >= 15 is 0 Å². The zero-order valence-corrected chi connectivity index (χ0v) is 81.3. The van der Waals surface area contributed by atoms with Gasteiger partial charge in [0.25, 0.3) is 16.7 Å². The van der Waals surface area contributed by atoms with E-state index in [9.17, 15) is 87.5 Å². The molecule has 6 aliphatic rings. The largest absolute Gasteiger partial charge is 0.509 e. The summed E-state index contributed by atoms with van der Waals surface area (Å²) in [7, 11) is 3.84. The van der Waals surface area contributed by atoms with Crippen molar-refractivity contribution in [3.8, 4) is 0 Å². The van der Waals surface area contributed by atoms with Gasteiger partial charge in [0.05, 0.1) is 107 Å². The number of anilines is 3. The first-order valence-corrected chi connectivity index (χ1v) is 52.3. The lowest BCUT2D eigenvalue weighted by Gasteiger charge is -2.28. The van der Waals surface area contributed by atoms with Crippen LogP contribution in [0.5, 0.6) is 0 Å². The number of nitrogens with two attached hydrogens (primary N) is 3. The third kappa shape index (κ3) is 26.8. The smallest absolute Gasteiger partial charge is 0.432 e. The second-order valence-electron chi connectivity index (χ2n) is 32.1. The first-order valence-electron chi connectivity index (χ1n) is 42.9. The first-order chi connectivity index (χ1) is 67.3. The SMILES string of the molecule is C.CO[C@H]1C(OP(=O)(OC[C@H]2O[C@@H](n3cnc4c(N)ccnc43)CC2O)SCOC(=O)OC(C)C)[C@@H](CO)O[C@H]1n1ccc(=O)[nH]c1=O.CO[C@H]1C(O[P@@](=O)(OC[C@H]2O[C@@H](n3cnc4c(N)ncnc43)CC2O)SCOC(=O)OC(C)C)[C@@H](CO)O[C@H]1n1ccc(=O)[nH]c1=O.CO[C@H]1C(O[P@](=O)(OC[C@H]2O[C@@H](n3cnc4c(N)ccnc43)CC2O)SCOC(=O)OC(C)C)[C@@H](CO)O[C@H]1n1ccc(=O)[nH]c1=O. The molecular formula is C78H108N19O39P3S3. The number of carbonyl (C=O) groups is 3. The van der Waals surface area contributed by atoms with Crippen LogP contribution in [-0.4, -0.2) is 315 Å². The molecule has 0 amide bonds. The molecule has 0 aliphatic carbocycles. The molecule has 0 bridgehead atoms. The highest BCUT2D eigenvalue weighted by Crippen LogP contribution is 2.66. The van der Waals surface area contributed by atoms with Crippen molar-refractivity contribution in [2.45, 2.75) is 215 Å². The van der Waals surface area contributed by atoms with Crippen LogP contribution >= 0.6 is 54.5 Å². The Morgan fingerprint density at radius 3 is 1.00 bits per heavy atom. The summed E-state index contributed by atoms with van der Waals surface area (Å²) in [5.74, 6) is -1.45. The molecule has 7 unspecified atom stereocenters. The number of H-pyrrole nitrogens is 3. The molecule has 15 N–H and O–H groups in total. The Morgan fingerprint density at radius 1 is 0.423 bits per heavy atom. The van der Waals surface area contributed by atoms with Gasteiger partial charge in [-0.3, -0.25) is 83.9 Å². The van der Waals surface area contributed by atoms with Crippen LogP contribution in [0.1, 0.15) is 106 Å². The molecule has 0 radical (unpaired) electrons. The quantitative estimate of drug-likeness (QED) is 0.0114. The Kier molecular flexibility index (Phi) is 38.4. The van der Waals surface area contributed by atoms with Gasteiger partial charge in [0.15, 0.2) is 59.3 Å². The molecule has 0 aromatic carbocycles. The lowest BCUT2D eigenvalue weighted by atomic mass is 10.1. The van der Waals surface area contributed by atoms with E-state index in [1.165, 1.54) is 77.6 Å². The minimum atomic E-state index is -4.38. The highest BCUT2D eigenvalue weighted by Gasteiger charge is 2.55. The van der Waals surface area contributed by atoms with Crippen molar-refractivity contribution < 1.29 is 157 Å². The summed E-state index contributed by atoms with van der Waals surface area (Å²) in [4.78, 5) is 144. The van der Waals surface area contributed by atoms with Gasteiger partial charge in [-0.1, -0.05) is 7.43 Å². The van der Waals surface area contributed by atoms with E-state index in [4.69, 9.17) is 115 Å². The Morgan fingerprint density at radius 2 is 0.718 bits per heavy atom. The molecule has 9 aromatic rings. The fourth-order valence-electron chi connectivity index (χ4n) is 15.1. The molecule has 0 spiro atoms. The fourth-order valence-corrected chi connectivity index (χ4v) is 23.5. The summed E-state index contributed by atoms with van der Waals surface area (Å²) >= 11 is 1.44. The zero-order valence-electron chi connectivity index (χ0n) is 76.2. The van der Waals surface area contributed by atoms with Gasteiger partial charge >= 0.3 is 55.9 Å². The van der Waals surface area contributed by atoms with Crippen LogP contribution in [0.15, 0.2) is 115 Å². The molecule has 6 fully saturated rings. The van der Waals surface area contributed by atoms with Crippen LogP contribution < -0.4 is 50.9 Å². The number of methoxy groups -OCH3 is 3. The van der Waals surface area contributed by atoms with Gasteiger partial charge in [-0.15, -0.1) is 0 Å². The van der Waals surface area contributed by atoms with Crippen LogP contribution in [0.3, 0.4) is 0 Å². The number of aliphatic hydroxyl groups is 6. The molecule has 58 nitrogen and oxygen atoms in total. The summed E-state index contributed by atoms with van der Waals surface area (Å²) in [6.45, 7) is -6.72. The third-order valence-corrected chi connectivity index (χ3v) is 31.6. The number of aromatic amines is 3. The molecule has 782 valence electrons. The van der Waals surface area contributed by atoms with Gasteiger partial charge in [0, 0.05) is 124 Å². The molecule has 15 rings (SSSR count). The monoisotopic (exact) mass is 2120 g/mol. The van der Waals surface area contributed by atoms with Gasteiger partial charge in [-0.25, -0.2) is 77.4 Å².